The molecule has 0 saturated carbocycles. The van der Waals surface area contributed by atoms with Gasteiger partial charge in [-0.3, -0.25) is 4.90 Å². The fraction of sp³-hybridized carbons (Fsp3) is 0.562. The Kier molecular flexibility index (Phi) is 4.25. The van der Waals surface area contributed by atoms with Crippen molar-refractivity contribution in [1.82, 2.24) is 4.90 Å². The first-order valence-corrected chi connectivity index (χ1v) is 7.21. The smallest absolute Gasteiger partial charge is 0.170 e. The van der Waals surface area contributed by atoms with Crippen molar-refractivity contribution >= 4 is 5.84 Å². The van der Waals surface area contributed by atoms with Crippen LogP contribution in [0.1, 0.15) is 38.8 Å². The van der Waals surface area contributed by atoms with Crippen LogP contribution in [-0.2, 0) is 11.3 Å². The Bertz CT molecular complexity index is 522. The molecule has 5 nitrogen and oxygen atoms in total. The Labute approximate surface area is 126 Å². The lowest BCUT2D eigenvalue weighted by molar-refractivity contribution is -0.182. The maximum absolute atomic E-state index is 8.91. The molecule has 0 atom stereocenters. The van der Waals surface area contributed by atoms with E-state index in [4.69, 9.17) is 15.7 Å². The Morgan fingerprint density at radius 2 is 1.81 bits per heavy atom. The molecule has 1 aromatic rings. The fourth-order valence-electron chi connectivity index (χ4n) is 3.26. The molecule has 1 heterocycles. The predicted octanol–water partition coefficient (Wildman–Crippen LogP) is 2.17. The van der Waals surface area contributed by atoms with Gasteiger partial charge in [0.15, 0.2) is 5.84 Å². The van der Waals surface area contributed by atoms with Gasteiger partial charge in [0.1, 0.15) is 0 Å². The second-order valence-electron chi connectivity index (χ2n) is 6.91. The molecule has 2 rings (SSSR count). The van der Waals surface area contributed by atoms with Crippen LogP contribution in [0, 0.1) is 0 Å². The van der Waals surface area contributed by atoms with Crippen molar-refractivity contribution in [2.24, 2.45) is 10.9 Å². The zero-order chi connectivity index (χ0) is 15.7. The zero-order valence-corrected chi connectivity index (χ0v) is 13.3. The highest BCUT2D eigenvalue weighted by molar-refractivity contribution is 5.98. The number of amidine groups is 1. The summed E-state index contributed by atoms with van der Waals surface area (Å²) < 4.78 is 6.10. The van der Waals surface area contributed by atoms with E-state index in [2.05, 4.69) is 37.8 Å². The van der Waals surface area contributed by atoms with E-state index in [1.807, 2.05) is 24.3 Å². The van der Waals surface area contributed by atoms with E-state index in [1.54, 1.807) is 0 Å². The number of rotatable bonds is 3. The third-order valence-corrected chi connectivity index (χ3v) is 3.56. The van der Waals surface area contributed by atoms with Crippen LogP contribution in [0.25, 0.3) is 0 Å². The minimum atomic E-state index is -0.187. The number of morpholine rings is 1. The van der Waals surface area contributed by atoms with Crippen molar-refractivity contribution in [3.05, 3.63) is 35.4 Å². The molecule has 0 aliphatic carbocycles. The number of ether oxygens (including phenoxy) is 1. The molecule has 0 bridgehead atoms. The van der Waals surface area contributed by atoms with E-state index in [9.17, 15) is 0 Å². The van der Waals surface area contributed by atoms with E-state index in [1.165, 1.54) is 0 Å². The van der Waals surface area contributed by atoms with Gasteiger partial charge < -0.3 is 15.7 Å². The summed E-state index contributed by atoms with van der Waals surface area (Å²) in [6, 6.07) is 7.76. The standard InChI is InChI=1S/C16H25N3O2/c1-15(2)10-19(11-16(3,4)21-15)9-12-7-5-6-8-13(12)14(17)18-20/h5-8,20H,9-11H2,1-4H3,(H2,17,18). The molecule has 0 spiro atoms. The highest BCUT2D eigenvalue weighted by Crippen LogP contribution is 2.29. The lowest BCUT2D eigenvalue weighted by Crippen LogP contribution is -2.56. The van der Waals surface area contributed by atoms with E-state index >= 15 is 0 Å². The summed E-state index contributed by atoms with van der Waals surface area (Å²) in [5.41, 5.74) is 7.23. The van der Waals surface area contributed by atoms with Crippen molar-refractivity contribution in [3.8, 4) is 0 Å². The molecule has 5 heteroatoms. The third-order valence-electron chi connectivity index (χ3n) is 3.56. The lowest BCUT2D eigenvalue weighted by Gasteiger charge is -2.47. The number of nitrogens with two attached hydrogens (primary N) is 1. The highest BCUT2D eigenvalue weighted by Gasteiger charge is 2.38. The van der Waals surface area contributed by atoms with Crippen molar-refractivity contribution in [2.75, 3.05) is 13.1 Å². The van der Waals surface area contributed by atoms with Gasteiger partial charge in [-0.15, -0.1) is 0 Å². The average molecular weight is 291 g/mol. The molecule has 3 N–H and O–H groups in total. The van der Waals surface area contributed by atoms with Crippen LogP contribution in [0.3, 0.4) is 0 Å². The highest BCUT2D eigenvalue weighted by atomic mass is 16.5. The van der Waals surface area contributed by atoms with E-state index in [0.717, 1.165) is 30.8 Å². The Morgan fingerprint density at radius 3 is 2.38 bits per heavy atom. The minimum Gasteiger partial charge on any atom is -0.409 e. The first-order valence-electron chi connectivity index (χ1n) is 7.21. The van der Waals surface area contributed by atoms with Crippen LogP contribution in [0.5, 0.6) is 0 Å². The van der Waals surface area contributed by atoms with Gasteiger partial charge in [0.25, 0.3) is 0 Å². The number of benzene rings is 1. The van der Waals surface area contributed by atoms with Crippen LogP contribution >= 0.6 is 0 Å². The largest absolute Gasteiger partial charge is 0.409 e. The molecule has 116 valence electrons. The van der Waals surface area contributed by atoms with Crippen LogP contribution in [0.4, 0.5) is 0 Å². The van der Waals surface area contributed by atoms with Crippen molar-refractivity contribution < 1.29 is 9.94 Å². The summed E-state index contributed by atoms with van der Waals surface area (Å²) in [7, 11) is 0. The second-order valence-corrected chi connectivity index (χ2v) is 6.91. The Hall–Kier alpha value is -1.59. The molecular formula is C16H25N3O2. The first-order chi connectivity index (χ1) is 9.72. The summed E-state index contributed by atoms with van der Waals surface area (Å²) in [4.78, 5) is 2.35. The van der Waals surface area contributed by atoms with E-state index < -0.39 is 0 Å². The van der Waals surface area contributed by atoms with Crippen molar-refractivity contribution in [2.45, 2.75) is 45.4 Å². The maximum atomic E-state index is 8.91. The van der Waals surface area contributed by atoms with Gasteiger partial charge in [-0.05, 0) is 33.3 Å². The van der Waals surface area contributed by atoms with Crippen LogP contribution in [0.2, 0.25) is 0 Å². The monoisotopic (exact) mass is 291 g/mol. The summed E-state index contributed by atoms with van der Waals surface area (Å²) in [6.07, 6.45) is 0. The van der Waals surface area contributed by atoms with E-state index in [-0.39, 0.29) is 17.0 Å². The number of nitrogens with zero attached hydrogens (tertiary/aromatic N) is 2. The molecule has 1 fully saturated rings. The zero-order valence-electron chi connectivity index (χ0n) is 13.3. The van der Waals surface area contributed by atoms with Gasteiger partial charge in [0.05, 0.1) is 11.2 Å². The van der Waals surface area contributed by atoms with E-state index in [0.29, 0.717) is 0 Å². The summed E-state index contributed by atoms with van der Waals surface area (Å²) in [6.45, 7) is 10.9. The van der Waals surface area contributed by atoms with Gasteiger partial charge in [-0.1, -0.05) is 29.4 Å². The Balaban J connectivity index is 2.22. The molecule has 0 radical (unpaired) electrons. The number of oxime groups is 1. The normalized spacial score (nSPS) is 22.2. The summed E-state index contributed by atoms with van der Waals surface area (Å²) in [5, 5.41) is 12.0. The van der Waals surface area contributed by atoms with Gasteiger partial charge in [0, 0.05) is 25.2 Å². The van der Waals surface area contributed by atoms with Crippen molar-refractivity contribution in [3.63, 3.8) is 0 Å². The molecule has 0 unspecified atom stereocenters. The average Bonchev–Trinajstić information content (AvgIpc) is 2.34. The molecule has 0 aromatic heterocycles. The SMILES string of the molecule is CC1(C)CN(Cc2ccccc2/C(N)=N/O)CC(C)(C)O1. The summed E-state index contributed by atoms with van der Waals surface area (Å²) in [5.74, 6) is 0.150. The molecule has 0 amide bonds. The van der Waals surface area contributed by atoms with Gasteiger partial charge >= 0.3 is 0 Å². The number of hydrogen-bond donors (Lipinski definition) is 2. The molecule has 1 aromatic carbocycles. The van der Waals surface area contributed by atoms with Gasteiger partial charge in [0.2, 0.25) is 0 Å². The predicted molar refractivity (Wildman–Crippen MR) is 83.5 cm³/mol. The first kappa shape index (κ1) is 15.8. The van der Waals surface area contributed by atoms with Gasteiger partial charge in [-0.2, -0.15) is 0 Å². The third kappa shape index (κ3) is 3.95. The quantitative estimate of drug-likeness (QED) is 0.387. The second kappa shape index (κ2) is 5.66. The van der Waals surface area contributed by atoms with Crippen LogP contribution in [-0.4, -0.2) is 40.2 Å². The Morgan fingerprint density at radius 1 is 1.24 bits per heavy atom. The van der Waals surface area contributed by atoms with Crippen LogP contribution < -0.4 is 5.73 Å². The summed E-state index contributed by atoms with van der Waals surface area (Å²) >= 11 is 0. The van der Waals surface area contributed by atoms with Crippen molar-refractivity contribution in [1.29, 1.82) is 0 Å². The molecule has 21 heavy (non-hydrogen) atoms. The molecular weight excluding hydrogens is 266 g/mol. The molecule has 1 aliphatic rings. The lowest BCUT2D eigenvalue weighted by atomic mass is 9.97. The minimum absolute atomic E-state index is 0.150. The number of hydrogen-bond acceptors (Lipinski definition) is 4. The molecule has 1 aliphatic heterocycles. The fourth-order valence-corrected chi connectivity index (χ4v) is 3.26. The van der Waals surface area contributed by atoms with Crippen LogP contribution in [0.15, 0.2) is 29.4 Å². The molecule has 1 saturated heterocycles. The van der Waals surface area contributed by atoms with Gasteiger partial charge in [-0.25, -0.2) is 0 Å². The topological polar surface area (TPSA) is 71.1 Å². The maximum Gasteiger partial charge on any atom is 0.170 e.